The maximum Gasteiger partial charge on any atom is 0.320 e. The first-order valence-corrected chi connectivity index (χ1v) is 7.38. The fraction of sp³-hybridized carbons (Fsp3) is 0.562. The second-order valence-corrected chi connectivity index (χ2v) is 6.00. The number of likely N-dealkylation sites (tertiary alicyclic amines) is 1. The van der Waals surface area contributed by atoms with Crippen molar-refractivity contribution in [2.75, 3.05) is 0 Å². The Kier molecular flexibility index (Phi) is 3.74. The highest BCUT2D eigenvalue weighted by Crippen LogP contribution is 2.40. The minimum atomic E-state index is -0.721. The predicted molar refractivity (Wildman–Crippen MR) is 73.7 cm³/mol. The first kappa shape index (κ1) is 13.6. The Balaban J connectivity index is 1.80. The van der Waals surface area contributed by atoms with Crippen LogP contribution in [0.3, 0.4) is 0 Å². The molecule has 1 saturated carbocycles. The maximum absolute atomic E-state index is 13.0. The Morgan fingerprint density at radius 1 is 1.25 bits per heavy atom. The molecule has 0 spiro atoms. The molecule has 0 aromatic heterocycles. The largest absolute Gasteiger partial charge is 0.480 e. The summed E-state index contributed by atoms with van der Waals surface area (Å²) < 4.78 is 13.0. The van der Waals surface area contributed by atoms with Crippen LogP contribution in [0.1, 0.15) is 37.7 Å². The standard InChI is InChI=1S/C16H20FNO2/c17-13-7-5-11(6-8-13)10-18-14-4-2-1-3-12(14)9-15(18)16(19)20/h5-8,12,14-15H,1-4,9-10H2,(H,19,20). The number of carboxylic acids is 1. The van der Waals surface area contributed by atoms with Gasteiger partial charge < -0.3 is 5.11 Å². The third kappa shape index (κ3) is 2.57. The number of halogens is 1. The zero-order valence-electron chi connectivity index (χ0n) is 11.5. The molecule has 1 aliphatic carbocycles. The molecule has 1 saturated heterocycles. The molecule has 1 N–H and O–H groups in total. The first-order chi connectivity index (χ1) is 9.65. The molecule has 1 aromatic rings. The van der Waals surface area contributed by atoms with E-state index < -0.39 is 5.97 Å². The molecule has 0 bridgehead atoms. The van der Waals surface area contributed by atoms with E-state index in [0.29, 0.717) is 18.5 Å². The Bertz CT molecular complexity index is 488. The van der Waals surface area contributed by atoms with Crippen molar-refractivity contribution in [2.45, 2.75) is 50.7 Å². The van der Waals surface area contributed by atoms with Crippen LogP contribution < -0.4 is 0 Å². The van der Waals surface area contributed by atoms with Gasteiger partial charge in [0, 0.05) is 12.6 Å². The highest BCUT2D eigenvalue weighted by atomic mass is 19.1. The minimum Gasteiger partial charge on any atom is -0.480 e. The molecule has 1 heterocycles. The van der Waals surface area contributed by atoms with Crippen molar-refractivity contribution < 1.29 is 14.3 Å². The fourth-order valence-electron chi connectivity index (χ4n) is 3.82. The number of carboxylic acid groups (broad SMARTS) is 1. The van der Waals surface area contributed by atoms with Gasteiger partial charge in [0.05, 0.1) is 0 Å². The van der Waals surface area contributed by atoms with Crippen molar-refractivity contribution in [3.63, 3.8) is 0 Å². The molecule has 2 fully saturated rings. The van der Waals surface area contributed by atoms with E-state index in [-0.39, 0.29) is 11.9 Å². The van der Waals surface area contributed by atoms with E-state index in [2.05, 4.69) is 4.90 Å². The third-order valence-corrected chi connectivity index (χ3v) is 4.78. The van der Waals surface area contributed by atoms with Crippen LogP contribution in [0.25, 0.3) is 0 Å². The number of aliphatic carboxylic acids is 1. The highest BCUT2D eigenvalue weighted by Gasteiger charge is 2.44. The van der Waals surface area contributed by atoms with Gasteiger partial charge in [-0.3, -0.25) is 9.69 Å². The van der Waals surface area contributed by atoms with Crippen LogP contribution in [0.5, 0.6) is 0 Å². The van der Waals surface area contributed by atoms with Crippen LogP contribution in [0.2, 0.25) is 0 Å². The Morgan fingerprint density at radius 3 is 2.65 bits per heavy atom. The van der Waals surface area contributed by atoms with E-state index in [1.807, 2.05) is 0 Å². The highest BCUT2D eigenvalue weighted by molar-refractivity contribution is 5.74. The van der Waals surface area contributed by atoms with Crippen LogP contribution >= 0.6 is 0 Å². The molecule has 2 aliphatic rings. The Hall–Kier alpha value is -1.42. The van der Waals surface area contributed by atoms with E-state index >= 15 is 0 Å². The van der Waals surface area contributed by atoms with Crippen LogP contribution in [0, 0.1) is 11.7 Å². The molecule has 1 aromatic carbocycles. The number of fused-ring (bicyclic) bond motifs is 1. The third-order valence-electron chi connectivity index (χ3n) is 4.78. The molecule has 108 valence electrons. The minimum absolute atomic E-state index is 0.250. The normalized spacial score (nSPS) is 30.1. The second kappa shape index (κ2) is 5.52. The summed E-state index contributed by atoms with van der Waals surface area (Å²) in [5.74, 6) is -0.452. The van der Waals surface area contributed by atoms with E-state index in [9.17, 15) is 14.3 Å². The summed E-state index contributed by atoms with van der Waals surface area (Å²) in [5, 5.41) is 9.45. The average molecular weight is 277 g/mol. The molecule has 20 heavy (non-hydrogen) atoms. The van der Waals surface area contributed by atoms with Crippen molar-refractivity contribution >= 4 is 5.97 Å². The molecular formula is C16H20FNO2. The van der Waals surface area contributed by atoms with Gasteiger partial charge in [-0.05, 0) is 42.9 Å². The second-order valence-electron chi connectivity index (χ2n) is 6.00. The van der Waals surface area contributed by atoms with Crippen molar-refractivity contribution in [1.29, 1.82) is 0 Å². The number of hydrogen-bond acceptors (Lipinski definition) is 2. The lowest BCUT2D eigenvalue weighted by atomic mass is 9.84. The predicted octanol–water partition coefficient (Wildman–Crippen LogP) is 3.04. The molecule has 3 unspecified atom stereocenters. The average Bonchev–Trinajstić information content (AvgIpc) is 2.81. The van der Waals surface area contributed by atoms with Crippen LogP contribution in [0.15, 0.2) is 24.3 Å². The number of hydrogen-bond donors (Lipinski definition) is 1. The fourth-order valence-corrected chi connectivity index (χ4v) is 3.82. The molecule has 4 heteroatoms. The number of benzene rings is 1. The summed E-state index contributed by atoms with van der Waals surface area (Å²) in [6.45, 7) is 0.610. The zero-order chi connectivity index (χ0) is 14.1. The molecule has 3 atom stereocenters. The summed E-state index contributed by atoms with van der Waals surface area (Å²) in [7, 11) is 0. The lowest BCUT2D eigenvalue weighted by Gasteiger charge is -2.33. The molecule has 0 amide bonds. The SMILES string of the molecule is O=C(O)C1CC2CCCCC2N1Cc1ccc(F)cc1. The van der Waals surface area contributed by atoms with Crippen molar-refractivity contribution in [2.24, 2.45) is 5.92 Å². The van der Waals surface area contributed by atoms with E-state index in [0.717, 1.165) is 24.8 Å². The first-order valence-electron chi connectivity index (χ1n) is 7.38. The van der Waals surface area contributed by atoms with E-state index in [4.69, 9.17) is 0 Å². The van der Waals surface area contributed by atoms with Crippen LogP contribution in [0.4, 0.5) is 4.39 Å². The van der Waals surface area contributed by atoms with E-state index in [1.54, 1.807) is 12.1 Å². The number of carbonyl (C=O) groups is 1. The lowest BCUT2D eigenvalue weighted by molar-refractivity contribution is -0.142. The van der Waals surface area contributed by atoms with Gasteiger partial charge in [0.1, 0.15) is 11.9 Å². The molecule has 3 nitrogen and oxygen atoms in total. The molecule has 1 aliphatic heterocycles. The maximum atomic E-state index is 13.0. The molecular weight excluding hydrogens is 257 g/mol. The zero-order valence-corrected chi connectivity index (χ0v) is 11.5. The van der Waals surface area contributed by atoms with Gasteiger partial charge in [-0.2, -0.15) is 0 Å². The molecule has 3 rings (SSSR count). The van der Waals surface area contributed by atoms with Crippen molar-refractivity contribution in [3.8, 4) is 0 Å². The molecule has 0 radical (unpaired) electrons. The van der Waals surface area contributed by atoms with Crippen molar-refractivity contribution in [1.82, 2.24) is 4.90 Å². The van der Waals surface area contributed by atoms with Gasteiger partial charge in [0.25, 0.3) is 0 Å². The number of rotatable bonds is 3. The topological polar surface area (TPSA) is 40.5 Å². The van der Waals surface area contributed by atoms with Gasteiger partial charge >= 0.3 is 5.97 Å². The van der Waals surface area contributed by atoms with Crippen molar-refractivity contribution in [3.05, 3.63) is 35.6 Å². The monoisotopic (exact) mass is 277 g/mol. The summed E-state index contributed by atoms with van der Waals surface area (Å²) in [6, 6.07) is 6.40. The van der Waals surface area contributed by atoms with Gasteiger partial charge in [0.15, 0.2) is 0 Å². The smallest absolute Gasteiger partial charge is 0.320 e. The van der Waals surface area contributed by atoms with Crippen LogP contribution in [-0.2, 0) is 11.3 Å². The van der Waals surface area contributed by atoms with E-state index in [1.165, 1.54) is 25.0 Å². The van der Waals surface area contributed by atoms with Gasteiger partial charge in [-0.15, -0.1) is 0 Å². The summed E-state index contributed by atoms with van der Waals surface area (Å²) in [4.78, 5) is 13.6. The lowest BCUT2D eigenvalue weighted by Crippen LogP contribution is -2.41. The Labute approximate surface area is 118 Å². The quantitative estimate of drug-likeness (QED) is 0.923. The van der Waals surface area contributed by atoms with Gasteiger partial charge in [-0.1, -0.05) is 25.0 Å². The summed E-state index contributed by atoms with van der Waals surface area (Å²) >= 11 is 0. The van der Waals surface area contributed by atoms with Crippen LogP contribution in [-0.4, -0.2) is 28.1 Å². The van der Waals surface area contributed by atoms with Gasteiger partial charge in [-0.25, -0.2) is 4.39 Å². The summed E-state index contributed by atoms with van der Waals surface area (Å²) in [5.41, 5.74) is 0.990. The van der Waals surface area contributed by atoms with Gasteiger partial charge in [0.2, 0.25) is 0 Å². The number of nitrogens with zero attached hydrogens (tertiary/aromatic N) is 1. The summed E-state index contributed by atoms with van der Waals surface area (Å²) in [6.07, 6.45) is 5.41. The Morgan fingerprint density at radius 2 is 1.95 bits per heavy atom.